The summed E-state index contributed by atoms with van der Waals surface area (Å²) in [5.41, 5.74) is 0.407. The van der Waals surface area contributed by atoms with Gasteiger partial charge in [0.1, 0.15) is 5.60 Å². The lowest BCUT2D eigenvalue weighted by atomic mass is 9.99. The Balaban J connectivity index is 2.47. The number of hydrogen-bond donors (Lipinski definition) is 2. The number of carbonyl (C=O) groups excluding carboxylic acids is 1. The van der Waals surface area contributed by atoms with Gasteiger partial charge in [0.15, 0.2) is 0 Å². The van der Waals surface area contributed by atoms with Gasteiger partial charge >= 0.3 is 12.1 Å². The normalized spacial score (nSPS) is 12.9. The van der Waals surface area contributed by atoms with E-state index in [4.69, 9.17) is 4.74 Å². The molecule has 0 saturated carbocycles. The van der Waals surface area contributed by atoms with Gasteiger partial charge in [-0.2, -0.15) is 0 Å². The Morgan fingerprint density at radius 3 is 2.45 bits per heavy atom. The van der Waals surface area contributed by atoms with E-state index in [2.05, 4.69) is 5.32 Å². The summed E-state index contributed by atoms with van der Waals surface area (Å²) in [4.78, 5) is 22.7. The minimum Gasteiger partial charge on any atom is -0.481 e. The Morgan fingerprint density at radius 1 is 1.27 bits per heavy atom. The van der Waals surface area contributed by atoms with Gasteiger partial charge in [-0.3, -0.25) is 4.79 Å². The first-order valence-corrected chi connectivity index (χ1v) is 7.18. The quantitative estimate of drug-likeness (QED) is 0.792. The van der Waals surface area contributed by atoms with Gasteiger partial charge in [-0.05, 0) is 32.8 Å². The van der Waals surface area contributed by atoms with E-state index in [-0.39, 0.29) is 6.54 Å². The van der Waals surface area contributed by atoms with Crippen LogP contribution in [0, 0.1) is 5.92 Å². The molecule has 1 aromatic rings. The molecule has 1 aromatic carbocycles. The summed E-state index contributed by atoms with van der Waals surface area (Å²) < 4.78 is 5.09. The molecular formula is C17H23NO4. The SMILES string of the molecule is CC(C)(C)OC(=O)NC/C=C/C(Cc1ccccc1)C(=O)O. The van der Waals surface area contributed by atoms with E-state index in [1.165, 1.54) is 0 Å². The fraction of sp³-hybridized carbons (Fsp3) is 0.412. The lowest BCUT2D eigenvalue weighted by molar-refractivity contribution is -0.140. The third-order valence-electron chi connectivity index (χ3n) is 2.75. The maximum atomic E-state index is 11.4. The van der Waals surface area contributed by atoms with Gasteiger partial charge in [0.2, 0.25) is 0 Å². The van der Waals surface area contributed by atoms with Crippen LogP contribution in [0.4, 0.5) is 4.79 Å². The largest absolute Gasteiger partial charge is 0.481 e. The zero-order valence-electron chi connectivity index (χ0n) is 13.2. The molecule has 5 heteroatoms. The van der Waals surface area contributed by atoms with Crippen molar-refractivity contribution < 1.29 is 19.4 Å². The molecular weight excluding hydrogens is 282 g/mol. The van der Waals surface area contributed by atoms with E-state index < -0.39 is 23.6 Å². The molecule has 0 fully saturated rings. The van der Waals surface area contributed by atoms with Crippen molar-refractivity contribution >= 4 is 12.1 Å². The fourth-order valence-electron chi connectivity index (χ4n) is 1.79. The van der Waals surface area contributed by atoms with Crippen molar-refractivity contribution in [3.63, 3.8) is 0 Å². The first kappa shape index (κ1) is 17.8. The van der Waals surface area contributed by atoms with Crippen molar-refractivity contribution in [2.45, 2.75) is 32.8 Å². The number of benzene rings is 1. The number of alkyl carbamates (subject to hydrolysis) is 1. The van der Waals surface area contributed by atoms with Crippen LogP contribution in [0.5, 0.6) is 0 Å². The van der Waals surface area contributed by atoms with E-state index in [1.807, 2.05) is 30.3 Å². The zero-order chi connectivity index (χ0) is 16.6. The van der Waals surface area contributed by atoms with Crippen LogP contribution in [0.3, 0.4) is 0 Å². The standard InChI is InChI=1S/C17H23NO4/c1-17(2,3)22-16(21)18-11-7-10-14(15(19)20)12-13-8-5-4-6-9-13/h4-10,14H,11-12H2,1-3H3,(H,18,21)(H,19,20)/b10-7+. The molecule has 0 radical (unpaired) electrons. The molecule has 0 heterocycles. The second-order valence-corrected chi connectivity index (χ2v) is 5.95. The van der Waals surface area contributed by atoms with Gasteiger partial charge in [0, 0.05) is 6.54 Å². The average Bonchev–Trinajstić information content (AvgIpc) is 2.41. The maximum absolute atomic E-state index is 11.4. The summed E-state index contributed by atoms with van der Waals surface area (Å²) in [6.07, 6.45) is 3.12. The van der Waals surface area contributed by atoms with Crippen LogP contribution in [0.2, 0.25) is 0 Å². The van der Waals surface area contributed by atoms with E-state index >= 15 is 0 Å². The molecule has 120 valence electrons. The third kappa shape index (κ3) is 7.47. The molecule has 0 spiro atoms. The van der Waals surface area contributed by atoms with Gasteiger partial charge in [0.25, 0.3) is 0 Å². The molecule has 1 rings (SSSR count). The van der Waals surface area contributed by atoms with Gasteiger partial charge < -0.3 is 15.2 Å². The van der Waals surface area contributed by atoms with Crippen LogP contribution in [-0.4, -0.2) is 29.3 Å². The monoisotopic (exact) mass is 305 g/mol. The van der Waals surface area contributed by atoms with Crippen molar-refractivity contribution in [3.05, 3.63) is 48.0 Å². The molecule has 0 aliphatic heterocycles. The topological polar surface area (TPSA) is 75.6 Å². The molecule has 2 N–H and O–H groups in total. The van der Waals surface area contributed by atoms with E-state index in [9.17, 15) is 14.7 Å². The fourth-order valence-corrected chi connectivity index (χ4v) is 1.79. The lowest BCUT2D eigenvalue weighted by Gasteiger charge is -2.19. The Kier molecular flexibility index (Phi) is 6.63. The minimum atomic E-state index is -0.891. The van der Waals surface area contributed by atoms with Crippen LogP contribution in [0.1, 0.15) is 26.3 Å². The van der Waals surface area contributed by atoms with Crippen LogP contribution in [-0.2, 0) is 16.0 Å². The maximum Gasteiger partial charge on any atom is 0.407 e. The second kappa shape index (κ2) is 8.22. The first-order chi connectivity index (χ1) is 10.3. The van der Waals surface area contributed by atoms with Crippen LogP contribution >= 0.6 is 0 Å². The van der Waals surface area contributed by atoms with Crippen LogP contribution < -0.4 is 5.32 Å². The number of nitrogens with one attached hydrogen (secondary N) is 1. The van der Waals surface area contributed by atoms with E-state index in [1.54, 1.807) is 32.9 Å². The molecule has 1 unspecified atom stereocenters. The van der Waals surface area contributed by atoms with Crippen molar-refractivity contribution in [2.75, 3.05) is 6.54 Å². The second-order valence-electron chi connectivity index (χ2n) is 5.95. The molecule has 0 aliphatic rings. The molecule has 0 aromatic heterocycles. The minimum absolute atomic E-state index is 0.230. The number of ether oxygens (including phenoxy) is 1. The van der Waals surface area contributed by atoms with Crippen molar-refractivity contribution in [3.8, 4) is 0 Å². The predicted molar refractivity (Wildman–Crippen MR) is 84.6 cm³/mol. The van der Waals surface area contributed by atoms with Gasteiger partial charge in [-0.15, -0.1) is 0 Å². The number of aliphatic carboxylic acids is 1. The van der Waals surface area contributed by atoms with Gasteiger partial charge in [-0.25, -0.2) is 4.79 Å². The molecule has 1 atom stereocenters. The van der Waals surface area contributed by atoms with Crippen molar-refractivity contribution in [1.29, 1.82) is 0 Å². The van der Waals surface area contributed by atoms with E-state index in [0.717, 1.165) is 5.56 Å². The molecule has 1 amide bonds. The lowest BCUT2D eigenvalue weighted by Crippen LogP contribution is -2.32. The molecule has 0 aliphatic carbocycles. The summed E-state index contributed by atoms with van der Waals surface area (Å²) in [7, 11) is 0. The zero-order valence-corrected chi connectivity index (χ0v) is 13.2. The summed E-state index contributed by atoms with van der Waals surface area (Å²) in [6.45, 7) is 5.57. The molecule has 0 saturated heterocycles. The Labute approximate surface area is 131 Å². The Morgan fingerprint density at radius 2 is 1.91 bits per heavy atom. The number of carbonyl (C=O) groups is 2. The highest BCUT2D eigenvalue weighted by Gasteiger charge is 2.16. The Bertz CT molecular complexity index is 517. The highest BCUT2D eigenvalue weighted by molar-refractivity contribution is 5.72. The number of carboxylic acids is 1. The van der Waals surface area contributed by atoms with Crippen molar-refractivity contribution in [1.82, 2.24) is 5.32 Å². The van der Waals surface area contributed by atoms with Gasteiger partial charge in [0.05, 0.1) is 5.92 Å². The van der Waals surface area contributed by atoms with Crippen molar-refractivity contribution in [2.24, 2.45) is 5.92 Å². The number of hydrogen-bond acceptors (Lipinski definition) is 3. The summed E-state index contributed by atoms with van der Waals surface area (Å²) in [5, 5.41) is 11.8. The van der Waals surface area contributed by atoms with Gasteiger partial charge in [-0.1, -0.05) is 42.5 Å². The first-order valence-electron chi connectivity index (χ1n) is 7.18. The third-order valence-corrected chi connectivity index (χ3v) is 2.75. The van der Waals surface area contributed by atoms with E-state index in [0.29, 0.717) is 6.42 Å². The highest BCUT2D eigenvalue weighted by atomic mass is 16.6. The number of carboxylic acid groups (broad SMARTS) is 1. The summed E-state index contributed by atoms with van der Waals surface area (Å²) in [6, 6.07) is 9.43. The van der Waals surface area contributed by atoms with Crippen LogP contribution in [0.25, 0.3) is 0 Å². The molecule has 5 nitrogen and oxygen atoms in total. The Hall–Kier alpha value is -2.30. The molecule has 22 heavy (non-hydrogen) atoms. The molecule has 0 bridgehead atoms. The number of rotatable bonds is 6. The average molecular weight is 305 g/mol. The highest BCUT2D eigenvalue weighted by Crippen LogP contribution is 2.10. The summed E-state index contributed by atoms with van der Waals surface area (Å²) in [5.74, 6) is -1.51. The predicted octanol–water partition coefficient (Wildman–Crippen LogP) is 3.01. The smallest absolute Gasteiger partial charge is 0.407 e. The summed E-state index contributed by atoms with van der Waals surface area (Å²) >= 11 is 0. The van der Waals surface area contributed by atoms with Crippen LogP contribution in [0.15, 0.2) is 42.5 Å². The number of amides is 1.